The SMILES string of the molecule is CCOc1ccc(NC2CC(C)(C)CC(C)(C)C2)cn1. The molecule has 0 aromatic carbocycles. The molecule has 0 spiro atoms. The Bertz CT molecular complexity index is 421. The molecule has 1 aromatic heterocycles. The van der Waals surface area contributed by atoms with Gasteiger partial charge in [-0.1, -0.05) is 27.7 Å². The number of pyridine rings is 1. The summed E-state index contributed by atoms with van der Waals surface area (Å²) in [5.41, 5.74) is 1.89. The summed E-state index contributed by atoms with van der Waals surface area (Å²) >= 11 is 0. The maximum absolute atomic E-state index is 5.38. The number of ether oxygens (including phenoxy) is 1. The van der Waals surface area contributed by atoms with Crippen LogP contribution in [0.1, 0.15) is 53.9 Å². The minimum Gasteiger partial charge on any atom is -0.478 e. The van der Waals surface area contributed by atoms with Crippen molar-refractivity contribution in [3.8, 4) is 5.88 Å². The molecule has 0 amide bonds. The first kappa shape index (κ1) is 15.1. The van der Waals surface area contributed by atoms with Crippen molar-refractivity contribution in [2.24, 2.45) is 10.8 Å². The van der Waals surface area contributed by atoms with E-state index in [1.807, 2.05) is 19.2 Å². The summed E-state index contributed by atoms with van der Waals surface area (Å²) < 4.78 is 5.38. The smallest absolute Gasteiger partial charge is 0.213 e. The van der Waals surface area contributed by atoms with Gasteiger partial charge in [0.1, 0.15) is 0 Å². The maximum atomic E-state index is 5.38. The monoisotopic (exact) mass is 276 g/mol. The van der Waals surface area contributed by atoms with Crippen LogP contribution in [0.3, 0.4) is 0 Å². The van der Waals surface area contributed by atoms with Crippen LogP contribution in [0.25, 0.3) is 0 Å². The van der Waals surface area contributed by atoms with Gasteiger partial charge in [-0.05, 0) is 43.1 Å². The summed E-state index contributed by atoms with van der Waals surface area (Å²) in [7, 11) is 0. The van der Waals surface area contributed by atoms with Crippen molar-refractivity contribution in [1.82, 2.24) is 4.98 Å². The molecule has 2 rings (SSSR count). The fraction of sp³-hybridized carbons (Fsp3) is 0.706. The van der Waals surface area contributed by atoms with Crippen LogP contribution in [0, 0.1) is 10.8 Å². The van der Waals surface area contributed by atoms with Gasteiger partial charge in [0.25, 0.3) is 0 Å². The van der Waals surface area contributed by atoms with Crippen LogP contribution >= 0.6 is 0 Å². The molecule has 1 aliphatic rings. The van der Waals surface area contributed by atoms with Gasteiger partial charge in [-0.15, -0.1) is 0 Å². The van der Waals surface area contributed by atoms with E-state index < -0.39 is 0 Å². The molecular weight excluding hydrogens is 248 g/mol. The molecule has 0 aliphatic heterocycles. The zero-order chi connectivity index (χ0) is 14.8. The largest absolute Gasteiger partial charge is 0.478 e. The van der Waals surface area contributed by atoms with Crippen LogP contribution in [0.5, 0.6) is 5.88 Å². The topological polar surface area (TPSA) is 34.1 Å². The Labute approximate surface area is 123 Å². The van der Waals surface area contributed by atoms with Gasteiger partial charge in [0.05, 0.1) is 18.5 Å². The zero-order valence-corrected chi connectivity index (χ0v) is 13.5. The predicted octanol–water partition coefficient (Wildman–Crippen LogP) is 4.50. The lowest BCUT2D eigenvalue weighted by molar-refractivity contribution is 0.105. The van der Waals surface area contributed by atoms with E-state index in [1.54, 1.807) is 0 Å². The van der Waals surface area contributed by atoms with E-state index in [1.165, 1.54) is 19.3 Å². The van der Waals surface area contributed by atoms with Crippen molar-refractivity contribution < 1.29 is 4.74 Å². The van der Waals surface area contributed by atoms with Crippen molar-refractivity contribution in [2.75, 3.05) is 11.9 Å². The molecule has 0 radical (unpaired) electrons. The van der Waals surface area contributed by atoms with E-state index >= 15 is 0 Å². The molecule has 112 valence electrons. The summed E-state index contributed by atoms with van der Waals surface area (Å²) in [6.07, 6.45) is 5.59. The van der Waals surface area contributed by atoms with Crippen LogP contribution in [0.2, 0.25) is 0 Å². The number of aromatic nitrogens is 1. The molecule has 1 aromatic rings. The third kappa shape index (κ3) is 4.12. The van der Waals surface area contributed by atoms with Crippen LogP contribution in [-0.2, 0) is 0 Å². The summed E-state index contributed by atoms with van der Waals surface area (Å²) in [5.74, 6) is 0.697. The highest BCUT2D eigenvalue weighted by molar-refractivity contribution is 5.43. The summed E-state index contributed by atoms with van der Waals surface area (Å²) in [5, 5.41) is 3.64. The van der Waals surface area contributed by atoms with Crippen molar-refractivity contribution in [2.45, 2.75) is 59.9 Å². The molecule has 20 heavy (non-hydrogen) atoms. The second-order valence-electron chi connectivity index (χ2n) is 7.57. The lowest BCUT2D eigenvalue weighted by atomic mass is 9.63. The third-order valence-corrected chi connectivity index (χ3v) is 3.95. The number of rotatable bonds is 4. The Balaban J connectivity index is 2.01. The molecule has 0 atom stereocenters. The second-order valence-corrected chi connectivity index (χ2v) is 7.57. The Morgan fingerprint density at radius 3 is 2.35 bits per heavy atom. The molecule has 1 fully saturated rings. The average Bonchev–Trinajstić information content (AvgIpc) is 2.28. The van der Waals surface area contributed by atoms with E-state index in [9.17, 15) is 0 Å². The van der Waals surface area contributed by atoms with Gasteiger partial charge in [0.2, 0.25) is 5.88 Å². The van der Waals surface area contributed by atoms with Gasteiger partial charge >= 0.3 is 0 Å². The highest BCUT2D eigenvalue weighted by atomic mass is 16.5. The molecule has 0 saturated heterocycles. The first-order valence-corrected chi connectivity index (χ1v) is 7.65. The fourth-order valence-electron chi connectivity index (χ4n) is 3.88. The third-order valence-electron chi connectivity index (χ3n) is 3.95. The minimum absolute atomic E-state index is 0.401. The van der Waals surface area contributed by atoms with E-state index in [0.717, 1.165) is 5.69 Å². The van der Waals surface area contributed by atoms with Crippen LogP contribution < -0.4 is 10.1 Å². The summed E-state index contributed by atoms with van der Waals surface area (Å²) in [6, 6.07) is 4.52. The highest BCUT2D eigenvalue weighted by Crippen LogP contribution is 2.46. The minimum atomic E-state index is 0.401. The van der Waals surface area contributed by atoms with Gasteiger partial charge in [-0.3, -0.25) is 0 Å². The van der Waals surface area contributed by atoms with E-state index in [2.05, 4.69) is 44.1 Å². The summed E-state index contributed by atoms with van der Waals surface area (Å²) in [6.45, 7) is 12.1. The number of hydrogen-bond acceptors (Lipinski definition) is 3. The molecule has 0 unspecified atom stereocenters. The molecule has 1 N–H and O–H groups in total. The lowest BCUT2D eigenvalue weighted by Gasteiger charge is -2.45. The van der Waals surface area contributed by atoms with Gasteiger partial charge in [0, 0.05) is 12.1 Å². The molecule has 1 saturated carbocycles. The lowest BCUT2D eigenvalue weighted by Crippen LogP contribution is -2.40. The first-order valence-electron chi connectivity index (χ1n) is 7.65. The normalized spacial score (nSPS) is 21.4. The highest BCUT2D eigenvalue weighted by Gasteiger charge is 2.38. The number of nitrogens with zero attached hydrogens (tertiary/aromatic N) is 1. The molecule has 3 nitrogen and oxygen atoms in total. The zero-order valence-electron chi connectivity index (χ0n) is 13.5. The Morgan fingerprint density at radius 1 is 1.20 bits per heavy atom. The number of hydrogen-bond donors (Lipinski definition) is 1. The Morgan fingerprint density at radius 2 is 1.85 bits per heavy atom. The fourth-order valence-corrected chi connectivity index (χ4v) is 3.88. The molecule has 3 heteroatoms. The number of anilines is 1. The first-order chi connectivity index (χ1) is 9.30. The van der Waals surface area contributed by atoms with Gasteiger partial charge in [-0.2, -0.15) is 0 Å². The second kappa shape index (κ2) is 5.63. The Kier molecular flexibility index (Phi) is 4.26. The molecule has 1 aliphatic carbocycles. The van der Waals surface area contributed by atoms with Crippen molar-refractivity contribution in [3.05, 3.63) is 18.3 Å². The van der Waals surface area contributed by atoms with Crippen molar-refractivity contribution in [1.29, 1.82) is 0 Å². The maximum Gasteiger partial charge on any atom is 0.213 e. The molecular formula is C17H28N2O. The van der Waals surface area contributed by atoms with Crippen LogP contribution in [0.4, 0.5) is 5.69 Å². The van der Waals surface area contributed by atoms with Gasteiger partial charge in [0.15, 0.2) is 0 Å². The van der Waals surface area contributed by atoms with E-state index in [0.29, 0.717) is 29.4 Å². The Hall–Kier alpha value is -1.25. The van der Waals surface area contributed by atoms with Gasteiger partial charge < -0.3 is 10.1 Å². The van der Waals surface area contributed by atoms with E-state index in [-0.39, 0.29) is 0 Å². The van der Waals surface area contributed by atoms with E-state index in [4.69, 9.17) is 4.74 Å². The van der Waals surface area contributed by atoms with Gasteiger partial charge in [-0.25, -0.2) is 4.98 Å². The number of nitrogens with one attached hydrogen (secondary N) is 1. The molecule has 0 bridgehead atoms. The quantitative estimate of drug-likeness (QED) is 0.879. The standard InChI is InChI=1S/C17H28N2O/c1-6-20-15-8-7-13(11-18-15)19-14-9-16(2,3)12-17(4,5)10-14/h7-8,11,14,19H,6,9-10,12H2,1-5H3. The van der Waals surface area contributed by atoms with Crippen LogP contribution in [-0.4, -0.2) is 17.6 Å². The van der Waals surface area contributed by atoms with Crippen LogP contribution in [0.15, 0.2) is 18.3 Å². The predicted molar refractivity (Wildman–Crippen MR) is 84.2 cm³/mol. The average molecular weight is 276 g/mol. The van der Waals surface area contributed by atoms with Crippen molar-refractivity contribution >= 4 is 5.69 Å². The molecule has 1 heterocycles. The van der Waals surface area contributed by atoms with Crippen molar-refractivity contribution in [3.63, 3.8) is 0 Å². The summed E-state index contributed by atoms with van der Waals surface area (Å²) in [4.78, 5) is 4.32.